The fourth-order valence-corrected chi connectivity index (χ4v) is 17.1. The summed E-state index contributed by atoms with van der Waals surface area (Å²) in [4.78, 5) is 5.35. The Morgan fingerprint density at radius 3 is 1.05 bits per heavy atom. The predicted molar refractivity (Wildman–Crippen MR) is 515 cm³/mol. The van der Waals surface area contributed by atoms with Crippen LogP contribution in [-0.4, -0.2) is 122 Å². The number of nitrogens with one attached hydrogen (secondary N) is 4. The molecular weight excluding hydrogens is 1410 g/mol. The molecule has 9 atom stereocenters. The molecule has 9 N–H and O–H groups in total. The zero-order valence-corrected chi connectivity index (χ0v) is 79.2. The SMILES string of the molecule is CCCCCC=CCC=CCCCCCCCCCC(CCCCCCCCC=CCCCCCCC)C(O)CCCC(C)C(C)CCCN(CCCNC(C)NC)CCCN(CCCN)CCCNC(O)NCC(O)C(C)(CCCCCCCCCCC=CCCCCC)C(C)CCCCCCCCC=CCC=CCCCCC. The van der Waals surface area contributed by atoms with Crippen LogP contribution in [-0.2, 0) is 0 Å². The summed E-state index contributed by atoms with van der Waals surface area (Å²) < 4.78 is 0. The summed E-state index contributed by atoms with van der Waals surface area (Å²) in [5.41, 5.74) is 5.93. The van der Waals surface area contributed by atoms with Gasteiger partial charge in [0.15, 0.2) is 6.35 Å². The smallest absolute Gasteiger partial charge is 0.160 e. The summed E-state index contributed by atoms with van der Waals surface area (Å²) in [5.74, 6) is 2.18. The lowest BCUT2D eigenvalue weighted by atomic mass is 9.68. The molecule has 0 aliphatic heterocycles. The second-order valence-corrected chi connectivity index (χ2v) is 36.7. The molecule has 0 aromatic heterocycles. The van der Waals surface area contributed by atoms with E-state index in [9.17, 15) is 15.3 Å². The van der Waals surface area contributed by atoms with Gasteiger partial charge in [0.1, 0.15) is 0 Å². The van der Waals surface area contributed by atoms with E-state index in [-0.39, 0.29) is 11.5 Å². The molecule has 0 rings (SSSR count). The Morgan fingerprint density at radius 2 is 0.643 bits per heavy atom. The van der Waals surface area contributed by atoms with Crippen molar-refractivity contribution in [3.05, 3.63) is 72.9 Å². The van der Waals surface area contributed by atoms with E-state index >= 15 is 0 Å². The highest BCUT2D eigenvalue weighted by Crippen LogP contribution is 2.40. The number of nitrogens with two attached hydrogens (primary N) is 1. The van der Waals surface area contributed by atoms with Crippen LogP contribution in [0, 0.1) is 29.1 Å². The molecule has 0 amide bonds. The van der Waals surface area contributed by atoms with Crippen molar-refractivity contribution >= 4 is 0 Å². The zero-order chi connectivity index (χ0) is 83.9. The molecule has 0 radical (unpaired) electrons. The molecule has 0 aromatic rings. The number of allylic oxidation sites excluding steroid dienone is 12. The summed E-state index contributed by atoms with van der Waals surface area (Å²) in [6.45, 7) is 30.2. The molecule has 0 bridgehead atoms. The molecule has 0 saturated heterocycles. The van der Waals surface area contributed by atoms with Gasteiger partial charge in [0.25, 0.3) is 0 Å². The molecule has 0 heterocycles. The maximum Gasteiger partial charge on any atom is 0.160 e. The molecule has 0 aromatic carbocycles. The first-order valence-corrected chi connectivity index (χ1v) is 51.3. The molecule has 0 aliphatic carbocycles. The lowest BCUT2D eigenvalue weighted by Gasteiger charge is -2.41. The second-order valence-electron chi connectivity index (χ2n) is 36.7. The molecule has 115 heavy (non-hydrogen) atoms. The molecule has 680 valence electrons. The molecule has 0 fully saturated rings. The monoisotopic (exact) mass is 1610 g/mol. The standard InChI is InChI=1S/C105H207N7O3/c1-11-15-19-23-27-31-35-39-43-45-48-52-56-60-64-68-72-84-101(83-71-67-63-59-55-51-46-41-37-33-29-25-21-17-13-3)102(113)85-74-80-97(5)98(6)81-75-90-111(92-77-88-108-100(8)107-10)94-79-95-112(91-76-87-106)93-78-89-109-104(115)110-96-103(114)105(9,86-73-69-65-61-57-53-49-42-38-34-30-26-22-18-14-4)99(7)82-70-66-62-58-54-50-47-44-40-36-32-28-24-20-16-12-2/h27-28,30-32,34,37,39-41,43-44,97-104,107-110,113-115H,11-26,29,33,35-36,38,42,45-96,106H2,1-10H3. The van der Waals surface area contributed by atoms with Gasteiger partial charge in [-0.05, 0) is 282 Å². The third kappa shape index (κ3) is 76.6. The van der Waals surface area contributed by atoms with Crippen LogP contribution in [0.3, 0.4) is 0 Å². The minimum atomic E-state index is -0.861. The van der Waals surface area contributed by atoms with E-state index in [1.54, 1.807) is 0 Å². The Labute approximate surface area is 720 Å². The maximum absolute atomic E-state index is 12.1. The first-order valence-electron chi connectivity index (χ1n) is 51.3. The van der Waals surface area contributed by atoms with Crippen molar-refractivity contribution in [2.24, 2.45) is 34.8 Å². The zero-order valence-electron chi connectivity index (χ0n) is 79.2. The molecule has 9 unspecified atom stereocenters. The van der Waals surface area contributed by atoms with E-state index in [0.717, 1.165) is 116 Å². The number of hydrogen-bond donors (Lipinski definition) is 8. The van der Waals surface area contributed by atoms with Crippen LogP contribution in [0.1, 0.15) is 473 Å². The quantitative estimate of drug-likeness (QED) is 0.0169. The summed E-state index contributed by atoms with van der Waals surface area (Å²) in [6, 6.07) is 0. The van der Waals surface area contributed by atoms with Gasteiger partial charge in [0.05, 0.1) is 18.4 Å². The van der Waals surface area contributed by atoms with Gasteiger partial charge in [-0.3, -0.25) is 10.6 Å². The van der Waals surface area contributed by atoms with Crippen LogP contribution in [0.25, 0.3) is 0 Å². The van der Waals surface area contributed by atoms with Crippen LogP contribution >= 0.6 is 0 Å². The van der Waals surface area contributed by atoms with E-state index in [2.05, 4.69) is 166 Å². The van der Waals surface area contributed by atoms with Gasteiger partial charge in [-0.15, -0.1) is 0 Å². The molecule has 0 saturated carbocycles. The van der Waals surface area contributed by atoms with Crippen molar-refractivity contribution in [1.29, 1.82) is 0 Å². The van der Waals surface area contributed by atoms with Gasteiger partial charge in [-0.25, -0.2) is 0 Å². The first kappa shape index (κ1) is 113. The minimum Gasteiger partial charge on any atom is -0.393 e. The highest BCUT2D eigenvalue weighted by molar-refractivity contribution is 4.94. The number of hydrogen-bond acceptors (Lipinski definition) is 10. The van der Waals surface area contributed by atoms with E-state index < -0.39 is 12.5 Å². The van der Waals surface area contributed by atoms with Gasteiger partial charge in [0, 0.05) is 6.54 Å². The Hall–Kier alpha value is -1.96. The fourth-order valence-electron chi connectivity index (χ4n) is 17.1. The molecular formula is C105H207N7O3. The average Bonchev–Trinajstić information content (AvgIpc) is 0.827. The largest absolute Gasteiger partial charge is 0.393 e. The van der Waals surface area contributed by atoms with Crippen molar-refractivity contribution in [2.75, 3.05) is 72.5 Å². The predicted octanol–water partition coefficient (Wildman–Crippen LogP) is 28.8. The number of nitrogens with zero attached hydrogens (tertiary/aromatic N) is 2. The Kier molecular flexibility index (Phi) is 88.3. The van der Waals surface area contributed by atoms with E-state index in [4.69, 9.17) is 5.73 Å². The average molecular weight is 1620 g/mol. The fraction of sp³-hybridized carbons (Fsp3) is 0.886. The number of unbranched alkanes of at least 4 members (excludes halogenated alkanes) is 41. The number of rotatable bonds is 94. The van der Waals surface area contributed by atoms with Crippen LogP contribution in [0.5, 0.6) is 0 Å². The summed E-state index contributed by atoms with van der Waals surface area (Å²) >= 11 is 0. The van der Waals surface area contributed by atoms with Gasteiger partial charge in [-0.2, -0.15) is 0 Å². The van der Waals surface area contributed by atoms with Crippen molar-refractivity contribution < 1.29 is 15.3 Å². The summed E-state index contributed by atoms with van der Waals surface area (Å²) in [7, 11) is 2.03. The minimum absolute atomic E-state index is 0.163. The second kappa shape index (κ2) is 89.8. The lowest BCUT2D eigenvalue weighted by Crippen LogP contribution is -2.50. The van der Waals surface area contributed by atoms with Crippen molar-refractivity contribution in [3.63, 3.8) is 0 Å². The number of aliphatic hydroxyl groups is 3. The summed E-state index contributed by atoms with van der Waals surface area (Å²) in [5, 5.41) is 49.1. The van der Waals surface area contributed by atoms with Crippen molar-refractivity contribution in [2.45, 2.75) is 498 Å². The first-order chi connectivity index (χ1) is 56.3. The normalized spacial score (nSPS) is 15.2. The van der Waals surface area contributed by atoms with Crippen LogP contribution in [0.15, 0.2) is 72.9 Å². The highest BCUT2D eigenvalue weighted by atomic mass is 16.3. The van der Waals surface area contributed by atoms with Gasteiger partial charge < -0.3 is 41.5 Å². The van der Waals surface area contributed by atoms with Crippen LogP contribution in [0.4, 0.5) is 0 Å². The maximum atomic E-state index is 12.1. The third-order valence-electron chi connectivity index (χ3n) is 26.0. The number of aliphatic hydroxyl groups excluding tert-OH is 3. The lowest BCUT2D eigenvalue weighted by molar-refractivity contribution is -0.0247. The third-order valence-corrected chi connectivity index (χ3v) is 26.0. The van der Waals surface area contributed by atoms with Crippen LogP contribution in [0.2, 0.25) is 0 Å². The van der Waals surface area contributed by atoms with Gasteiger partial charge in [-0.1, -0.05) is 359 Å². The molecule has 0 spiro atoms. The van der Waals surface area contributed by atoms with Crippen molar-refractivity contribution in [3.8, 4) is 0 Å². The Morgan fingerprint density at radius 1 is 0.322 bits per heavy atom. The summed E-state index contributed by atoms with van der Waals surface area (Å²) in [6.07, 6.45) is 108. The Bertz CT molecular complexity index is 2100. The van der Waals surface area contributed by atoms with Gasteiger partial charge in [0.2, 0.25) is 0 Å². The van der Waals surface area contributed by atoms with Crippen molar-refractivity contribution in [1.82, 2.24) is 31.1 Å². The van der Waals surface area contributed by atoms with E-state index in [0.29, 0.717) is 49.5 Å². The van der Waals surface area contributed by atoms with E-state index in [1.807, 2.05) is 7.05 Å². The molecule has 10 heteroatoms. The van der Waals surface area contributed by atoms with Gasteiger partial charge >= 0.3 is 0 Å². The molecule has 0 aliphatic rings. The van der Waals surface area contributed by atoms with Crippen LogP contribution < -0.4 is 27.0 Å². The topological polar surface area (TPSA) is 141 Å². The highest BCUT2D eigenvalue weighted by Gasteiger charge is 2.37. The molecule has 10 nitrogen and oxygen atoms in total. The Balaban J connectivity index is 5.45. The van der Waals surface area contributed by atoms with E-state index in [1.165, 1.54) is 340 Å².